The van der Waals surface area contributed by atoms with Crippen LogP contribution in [0.1, 0.15) is 38.2 Å². The smallest absolute Gasteiger partial charge is 0.257 e. The minimum atomic E-state index is -0.228. The summed E-state index contributed by atoms with van der Waals surface area (Å²) < 4.78 is 14.7. The van der Waals surface area contributed by atoms with Crippen molar-refractivity contribution in [2.75, 3.05) is 28.6 Å². The summed E-state index contributed by atoms with van der Waals surface area (Å²) in [6, 6.07) is 12.7. The Morgan fingerprint density at radius 3 is 2.75 bits per heavy atom. The van der Waals surface area contributed by atoms with E-state index >= 15 is 0 Å². The maximum absolute atomic E-state index is 14.7. The Morgan fingerprint density at radius 2 is 2.00 bits per heavy atom. The first-order chi connectivity index (χ1) is 13.7. The highest BCUT2D eigenvalue weighted by molar-refractivity contribution is 6.31. The minimum absolute atomic E-state index is 0.152. The zero-order valence-corrected chi connectivity index (χ0v) is 16.2. The van der Waals surface area contributed by atoms with E-state index in [9.17, 15) is 9.18 Å². The average Bonchev–Trinajstić information content (AvgIpc) is 3.02. The molecule has 0 bridgehead atoms. The summed E-state index contributed by atoms with van der Waals surface area (Å²) in [4.78, 5) is 14.3. The lowest BCUT2D eigenvalue weighted by Gasteiger charge is -2.33. The molecule has 2 aliphatic rings. The van der Waals surface area contributed by atoms with Gasteiger partial charge in [-0.25, -0.2) is 4.39 Å². The summed E-state index contributed by atoms with van der Waals surface area (Å²) in [7, 11) is 0. The first-order valence-electron chi connectivity index (χ1n) is 10.1. The normalized spacial score (nSPS) is 18.3. The van der Waals surface area contributed by atoms with Crippen LogP contribution in [0.25, 0.3) is 5.57 Å². The van der Waals surface area contributed by atoms with E-state index in [-0.39, 0.29) is 11.7 Å². The zero-order valence-electron chi connectivity index (χ0n) is 16.2. The van der Waals surface area contributed by atoms with Gasteiger partial charge in [0.25, 0.3) is 5.91 Å². The van der Waals surface area contributed by atoms with Gasteiger partial charge in [0.05, 0.1) is 11.3 Å². The maximum Gasteiger partial charge on any atom is 0.257 e. The number of anilines is 3. The van der Waals surface area contributed by atoms with Gasteiger partial charge in [-0.3, -0.25) is 4.79 Å². The van der Waals surface area contributed by atoms with Gasteiger partial charge in [0, 0.05) is 36.2 Å². The van der Waals surface area contributed by atoms with Crippen LogP contribution in [0.4, 0.5) is 21.5 Å². The lowest BCUT2D eigenvalue weighted by molar-refractivity contribution is -0.110. The van der Waals surface area contributed by atoms with Crippen molar-refractivity contribution in [1.29, 1.82) is 0 Å². The third-order valence-electron chi connectivity index (χ3n) is 5.69. The van der Waals surface area contributed by atoms with Gasteiger partial charge >= 0.3 is 0 Å². The molecule has 0 aromatic heterocycles. The molecule has 146 valence electrons. The number of benzene rings is 2. The molecule has 2 aromatic rings. The van der Waals surface area contributed by atoms with E-state index in [1.165, 1.54) is 18.9 Å². The summed E-state index contributed by atoms with van der Waals surface area (Å²) in [6.07, 6.45) is 6.40. The van der Waals surface area contributed by atoms with Crippen molar-refractivity contribution in [3.63, 3.8) is 0 Å². The van der Waals surface area contributed by atoms with E-state index in [2.05, 4.69) is 22.5 Å². The number of carbonyl (C=O) groups is 1. The van der Waals surface area contributed by atoms with Gasteiger partial charge in [0.15, 0.2) is 0 Å². The van der Waals surface area contributed by atoms with Gasteiger partial charge in [-0.1, -0.05) is 38.0 Å². The van der Waals surface area contributed by atoms with Crippen molar-refractivity contribution in [3.05, 3.63) is 60.0 Å². The van der Waals surface area contributed by atoms with Crippen LogP contribution in [0.15, 0.2) is 48.7 Å². The highest BCUT2D eigenvalue weighted by Crippen LogP contribution is 2.32. The molecule has 4 rings (SSSR count). The highest BCUT2D eigenvalue weighted by Gasteiger charge is 2.23. The van der Waals surface area contributed by atoms with Crippen LogP contribution >= 0.6 is 0 Å². The van der Waals surface area contributed by atoms with Crippen molar-refractivity contribution < 1.29 is 9.18 Å². The Balaban J connectivity index is 1.45. The van der Waals surface area contributed by atoms with Gasteiger partial charge in [0.1, 0.15) is 5.82 Å². The Hall–Kier alpha value is -2.82. The monoisotopic (exact) mass is 379 g/mol. The number of nitrogens with one attached hydrogen (secondary N) is 2. The van der Waals surface area contributed by atoms with Crippen LogP contribution in [0.2, 0.25) is 0 Å². The SMILES string of the molecule is CCCC1CCN(c2ccc(NC=C3C(=O)Nc4ccccc43)cc2F)CC1. The van der Waals surface area contributed by atoms with Gasteiger partial charge in [-0.15, -0.1) is 0 Å². The fourth-order valence-electron chi connectivity index (χ4n) is 4.16. The number of fused-ring (bicyclic) bond motifs is 1. The summed E-state index contributed by atoms with van der Waals surface area (Å²) in [5.41, 5.74) is 3.50. The zero-order chi connectivity index (χ0) is 19.5. The van der Waals surface area contributed by atoms with Gasteiger partial charge in [0.2, 0.25) is 0 Å². The van der Waals surface area contributed by atoms with E-state index in [1.54, 1.807) is 6.20 Å². The van der Waals surface area contributed by atoms with Crippen molar-refractivity contribution in [1.82, 2.24) is 0 Å². The predicted molar refractivity (Wildman–Crippen MR) is 113 cm³/mol. The topological polar surface area (TPSA) is 44.4 Å². The molecule has 0 radical (unpaired) electrons. The highest BCUT2D eigenvalue weighted by atomic mass is 19.1. The van der Waals surface area contributed by atoms with Crippen molar-refractivity contribution in [2.45, 2.75) is 32.6 Å². The second-order valence-corrected chi connectivity index (χ2v) is 7.59. The summed E-state index contributed by atoms with van der Waals surface area (Å²) in [5.74, 6) is 0.395. The standard InChI is InChI=1S/C23H26FN3O/c1-2-5-16-10-12-27(13-11-16)22-9-8-17(14-20(22)24)25-15-19-18-6-3-4-7-21(18)26-23(19)28/h3-4,6-9,14-16,25H,2,5,10-13H2,1H3,(H,26,28). The number of amides is 1. The van der Waals surface area contributed by atoms with Gasteiger partial charge in [-0.05, 0) is 43.0 Å². The molecule has 28 heavy (non-hydrogen) atoms. The number of rotatable bonds is 5. The number of para-hydroxylation sites is 1. The van der Waals surface area contributed by atoms with Crippen LogP contribution in [0, 0.1) is 11.7 Å². The molecule has 1 saturated heterocycles. The molecule has 0 spiro atoms. The molecule has 5 heteroatoms. The molecular weight excluding hydrogens is 353 g/mol. The predicted octanol–water partition coefficient (Wildman–Crippen LogP) is 5.25. The summed E-state index contributed by atoms with van der Waals surface area (Å²) in [6.45, 7) is 4.05. The fraction of sp³-hybridized carbons (Fsp3) is 0.348. The first-order valence-corrected chi connectivity index (χ1v) is 10.1. The third kappa shape index (κ3) is 3.75. The van der Waals surface area contributed by atoms with E-state index in [0.29, 0.717) is 16.9 Å². The fourth-order valence-corrected chi connectivity index (χ4v) is 4.16. The Morgan fingerprint density at radius 1 is 1.21 bits per heavy atom. The van der Waals surface area contributed by atoms with E-state index in [4.69, 9.17) is 0 Å². The Labute approximate surface area is 165 Å². The molecule has 0 aliphatic carbocycles. The minimum Gasteiger partial charge on any atom is -0.369 e. The van der Waals surface area contributed by atoms with Crippen LogP contribution in [0.5, 0.6) is 0 Å². The second-order valence-electron chi connectivity index (χ2n) is 7.59. The first kappa shape index (κ1) is 18.5. The number of nitrogens with zero attached hydrogens (tertiary/aromatic N) is 1. The number of hydrogen-bond donors (Lipinski definition) is 2. The van der Waals surface area contributed by atoms with Crippen LogP contribution in [0.3, 0.4) is 0 Å². The quantitative estimate of drug-likeness (QED) is 0.698. The molecule has 2 aliphatic heterocycles. The molecule has 0 atom stereocenters. The molecule has 2 heterocycles. The summed E-state index contributed by atoms with van der Waals surface area (Å²) in [5, 5.41) is 5.90. The average molecular weight is 379 g/mol. The van der Waals surface area contributed by atoms with Crippen molar-refractivity contribution >= 4 is 28.5 Å². The molecule has 2 N–H and O–H groups in total. The largest absolute Gasteiger partial charge is 0.369 e. The molecular formula is C23H26FN3O. The maximum atomic E-state index is 14.7. The third-order valence-corrected chi connectivity index (χ3v) is 5.69. The van der Waals surface area contributed by atoms with Gasteiger partial charge < -0.3 is 15.5 Å². The molecule has 0 saturated carbocycles. The lowest BCUT2D eigenvalue weighted by Crippen LogP contribution is -2.34. The van der Waals surface area contributed by atoms with Crippen LogP contribution in [-0.2, 0) is 4.79 Å². The number of carbonyl (C=O) groups excluding carboxylic acids is 1. The Bertz CT molecular complexity index is 900. The second kappa shape index (κ2) is 8.05. The number of halogens is 1. The van der Waals surface area contributed by atoms with E-state index < -0.39 is 0 Å². The Kier molecular flexibility index (Phi) is 5.33. The molecule has 0 unspecified atom stereocenters. The van der Waals surface area contributed by atoms with Crippen LogP contribution < -0.4 is 15.5 Å². The van der Waals surface area contributed by atoms with Crippen LogP contribution in [-0.4, -0.2) is 19.0 Å². The van der Waals surface area contributed by atoms with E-state index in [1.807, 2.05) is 36.4 Å². The molecule has 1 fully saturated rings. The van der Waals surface area contributed by atoms with Gasteiger partial charge in [-0.2, -0.15) is 0 Å². The van der Waals surface area contributed by atoms with Crippen molar-refractivity contribution in [2.24, 2.45) is 5.92 Å². The number of piperidine rings is 1. The van der Waals surface area contributed by atoms with Crippen molar-refractivity contribution in [3.8, 4) is 0 Å². The molecule has 4 nitrogen and oxygen atoms in total. The number of hydrogen-bond acceptors (Lipinski definition) is 3. The molecule has 2 aromatic carbocycles. The molecule has 1 amide bonds. The summed E-state index contributed by atoms with van der Waals surface area (Å²) >= 11 is 0. The van der Waals surface area contributed by atoms with E-state index in [0.717, 1.165) is 43.1 Å². The lowest BCUT2D eigenvalue weighted by atomic mass is 9.92.